The van der Waals surface area contributed by atoms with Crippen LogP contribution in [0.5, 0.6) is 0 Å². The number of hydrogen-bond acceptors (Lipinski definition) is 3. The Kier molecular flexibility index (Phi) is 2.52. The molecule has 0 radical (unpaired) electrons. The third kappa shape index (κ3) is 1.60. The Balaban J connectivity index is 2.92. The van der Waals surface area contributed by atoms with E-state index in [2.05, 4.69) is 4.98 Å². The number of rotatable bonds is 2. The first-order valence-electron chi connectivity index (χ1n) is 5.16. The molecule has 5 nitrogen and oxygen atoms in total. The Morgan fingerprint density at radius 2 is 2.12 bits per heavy atom. The number of aryl methyl sites for hydroxylation is 1. The van der Waals surface area contributed by atoms with Gasteiger partial charge in [0.05, 0.1) is 10.9 Å². The van der Waals surface area contributed by atoms with E-state index in [1.165, 1.54) is 4.57 Å². The molecule has 0 atom stereocenters. The molecule has 3 N–H and O–H groups in total. The van der Waals surface area contributed by atoms with Gasteiger partial charge < -0.3 is 5.73 Å². The number of nitrogens with two attached hydrogens (primary N) is 1. The minimum atomic E-state index is -0.384. The second kappa shape index (κ2) is 3.84. The summed E-state index contributed by atoms with van der Waals surface area (Å²) in [6.07, 6.45) is 0.815. The summed E-state index contributed by atoms with van der Waals surface area (Å²) in [7, 11) is 0. The van der Waals surface area contributed by atoms with E-state index < -0.39 is 0 Å². The Hall–Kier alpha value is -2.04. The van der Waals surface area contributed by atoms with Crippen molar-refractivity contribution in [3.05, 3.63) is 39.0 Å². The van der Waals surface area contributed by atoms with Crippen molar-refractivity contribution < 1.29 is 0 Å². The molecule has 1 aromatic carbocycles. The average molecular weight is 219 g/mol. The quantitative estimate of drug-likeness (QED) is 0.729. The zero-order valence-corrected chi connectivity index (χ0v) is 8.99. The van der Waals surface area contributed by atoms with Crippen LogP contribution < -0.4 is 17.0 Å². The first kappa shape index (κ1) is 10.5. The molecule has 16 heavy (non-hydrogen) atoms. The van der Waals surface area contributed by atoms with Crippen LogP contribution in [0.4, 0.5) is 5.69 Å². The van der Waals surface area contributed by atoms with Gasteiger partial charge in [-0.2, -0.15) is 0 Å². The van der Waals surface area contributed by atoms with Crippen molar-refractivity contribution in [2.75, 3.05) is 5.73 Å². The highest BCUT2D eigenvalue weighted by atomic mass is 16.2. The van der Waals surface area contributed by atoms with Crippen LogP contribution in [0.1, 0.15) is 13.3 Å². The molecule has 2 rings (SSSR count). The van der Waals surface area contributed by atoms with Crippen molar-refractivity contribution in [1.29, 1.82) is 0 Å². The molecular weight excluding hydrogens is 206 g/mol. The topological polar surface area (TPSA) is 80.9 Å². The third-order valence-corrected chi connectivity index (χ3v) is 2.47. The van der Waals surface area contributed by atoms with Crippen LogP contribution >= 0.6 is 0 Å². The van der Waals surface area contributed by atoms with Gasteiger partial charge in [0, 0.05) is 12.2 Å². The second-order valence-electron chi connectivity index (χ2n) is 3.69. The number of nitrogen functional groups attached to an aromatic ring is 1. The lowest BCUT2D eigenvalue weighted by Crippen LogP contribution is -2.30. The van der Waals surface area contributed by atoms with Crippen molar-refractivity contribution in [1.82, 2.24) is 9.55 Å². The van der Waals surface area contributed by atoms with Crippen LogP contribution in [-0.4, -0.2) is 9.55 Å². The molecule has 1 heterocycles. The minimum Gasteiger partial charge on any atom is -0.399 e. The summed E-state index contributed by atoms with van der Waals surface area (Å²) in [5, 5.41) is 0.488. The fourth-order valence-corrected chi connectivity index (χ4v) is 1.75. The highest BCUT2D eigenvalue weighted by Crippen LogP contribution is 2.12. The van der Waals surface area contributed by atoms with Crippen LogP contribution in [0.25, 0.3) is 10.9 Å². The van der Waals surface area contributed by atoms with Crippen molar-refractivity contribution in [2.24, 2.45) is 0 Å². The van der Waals surface area contributed by atoms with E-state index in [9.17, 15) is 9.59 Å². The molecule has 0 aliphatic carbocycles. The van der Waals surface area contributed by atoms with E-state index in [1.807, 2.05) is 6.92 Å². The number of nitrogens with one attached hydrogen (secondary N) is 1. The van der Waals surface area contributed by atoms with Crippen LogP contribution in [0, 0.1) is 0 Å². The smallest absolute Gasteiger partial charge is 0.328 e. The predicted octanol–water partition coefficient (Wildman–Crippen LogP) is 0.682. The maximum atomic E-state index is 11.6. The van der Waals surface area contributed by atoms with Crippen LogP contribution in [0.3, 0.4) is 0 Å². The monoisotopic (exact) mass is 219 g/mol. The molecule has 0 aliphatic heterocycles. The highest BCUT2D eigenvalue weighted by Gasteiger charge is 2.06. The molecule has 5 heteroatoms. The number of aromatic amines is 1. The summed E-state index contributed by atoms with van der Waals surface area (Å²) in [4.78, 5) is 25.5. The summed E-state index contributed by atoms with van der Waals surface area (Å²) in [5.41, 5.74) is 6.05. The summed E-state index contributed by atoms with van der Waals surface area (Å²) >= 11 is 0. The number of anilines is 1. The van der Waals surface area contributed by atoms with Gasteiger partial charge in [0.15, 0.2) is 0 Å². The van der Waals surface area contributed by atoms with Gasteiger partial charge in [0.2, 0.25) is 0 Å². The number of fused-ring (bicyclic) bond motifs is 1. The molecule has 0 saturated carbocycles. The summed E-state index contributed by atoms with van der Waals surface area (Å²) in [5.74, 6) is 0. The first-order valence-corrected chi connectivity index (χ1v) is 5.16. The van der Waals surface area contributed by atoms with Crippen molar-refractivity contribution >= 4 is 16.6 Å². The SMILES string of the molecule is CCCn1c(=O)[nH]c(=O)c2ccc(N)cc21. The van der Waals surface area contributed by atoms with Gasteiger partial charge in [-0.1, -0.05) is 6.92 Å². The summed E-state index contributed by atoms with van der Waals surface area (Å²) in [6, 6.07) is 4.94. The number of benzene rings is 1. The maximum absolute atomic E-state index is 11.6. The highest BCUT2D eigenvalue weighted by molar-refractivity contribution is 5.81. The molecule has 0 spiro atoms. The fourth-order valence-electron chi connectivity index (χ4n) is 1.75. The molecule has 0 bridgehead atoms. The van der Waals surface area contributed by atoms with Gasteiger partial charge in [-0.05, 0) is 24.6 Å². The molecule has 0 saturated heterocycles. The van der Waals surface area contributed by atoms with E-state index in [-0.39, 0.29) is 11.2 Å². The van der Waals surface area contributed by atoms with Gasteiger partial charge in [-0.3, -0.25) is 14.3 Å². The van der Waals surface area contributed by atoms with Gasteiger partial charge in [0.1, 0.15) is 0 Å². The second-order valence-corrected chi connectivity index (χ2v) is 3.69. The van der Waals surface area contributed by atoms with Crippen LogP contribution in [0.2, 0.25) is 0 Å². The molecule has 84 valence electrons. The lowest BCUT2D eigenvalue weighted by Gasteiger charge is -2.08. The number of hydrogen-bond donors (Lipinski definition) is 2. The van der Waals surface area contributed by atoms with Gasteiger partial charge >= 0.3 is 5.69 Å². The largest absolute Gasteiger partial charge is 0.399 e. The van der Waals surface area contributed by atoms with Crippen molar-refractivity contribution in [3.8, 4) is 0 Å². The Bertz CT molecular complexity index is 640. The van der Waals surface area contributed by atoms with E-state index in [1.54, 1.807) is 18.2 Å². The average Bonchev–Trinajstić information content (AvgIpc) is 2.23. The minimum absolute atomic E-state index is 0.368. The lowest BCUT2D eigenvalue weighted by atomic mass is 10.2. The fraction of sp³-hybridized carbons (Fsp3) is 0.273. The number of nitrogens with zero attached hydrogens (tertiary/aromatic N) is 1. The number of aromatic nitrogens is 2. The van der Waals surface area contributed by atoms with E-state index in [0.717, 1.165) is 6.42 Å². The maximum Gasteiger partial charge on any atom is 0.328 e. The zero-order chi connectivity index (χ0) is 11.7. The van der Waals surface area contributed by atoms with Crippen LogP contribution in [-0.2, 0) is 6.54 Å². The lowest BCUT2D eigenvalue weighted by molar-refractivity contribution is 0.658. The van der Waals surface area contributed by atoms with Gasteiger partial charge in [0.25, 0.3) is 5.56 Å². The normalized spacial score (nSPS) is 10.8. The molecular formula is C11H13N3O2. The molecule has 2 aromatic rings. The first-order chi connectivity index (χ1) is 7.63. The standard InChI is InChI=1S/C11H13N3O2/c1-2-5-14-9-6-7(12)3-4-8(9)10(15)13-11(14)16/h3-4,6H,2,5,12H2,1H3,(H,13,15,16). The predicted molar refractivity (Wildman–Crippen MR) is 63.5 cm³/mol. The van der Waals surface area contributed by atoms with E-state index in [0.29, 0.717) is 23.1 Å². The van der Waals surface area contributed by atoms with Crippen molar-refractivity contribution in [3.63, 3.8) is 0 Å². The van der Waals surface area contributed by atoms with E-state index in [4.69, 9.17) is 5.73 Å². The Morgan fingerprint density at radius 1 is 1.38 bits per heavy atom. The van der Waals surface area contributed by atoms with E-state index >= 15 is 0 Å². The summed E-state index contributed by atoms with van der Waals surface area (Å²) in [6.45, 7) is 2.53. The van der Waals surface area contributed by atoms with Crippen LogP contribution in [0.15, 0.2) is 27.8 Å². The summed E-state index contributed by atoms with van der Waals surface area (Å²) < 4.78 is 1.53. The Morgan fingerprint density at radius 3 is 2.81 bits per heavy atom. The molecule has 1 aromatic heterocycles. The van der Waals surface area contributed by atoms with Crippen molar-refractivity contribution in [2.45, 2.75) is 19.9 Å². The van der Waals surface area contributed by atoms with Gasteiger partial charge in [-0.25, -0.2) is 4.79 Å². The van der Waals surface area contributed by atoms with Gasteiger partial charge in [-0.15, -0.1) is 0 Å². The molecule has 0 aliphatic rings. The molecule has 0 fully saturated rings. The zero-order valence-electron chi connectivity index (χ0n) is 8.99. The molecule has 0 unspecified atom stereocenters. The third-order valence-electron chi connectivity index (χ3n) is 2.47. The molecule has 0 amide bonds. The Labute approximate surface area is 91.5 Å². The number of H-pyrrole nitrogens is 1.